The third-order valence-electron chi connectivity index (χ3n) is 23.8. The van der Waals surface area contributed by atoms with Crippen molar-refractivity contribution >= 4 is 134 Å². The zero-order chi connectivity index (χ0) is 105. The zero-order valence-corrected chi connectivity index (χ0v) is 79.7. The molecule has 0 bridgehead atoms. The second-order valence-electron chi connectivity index (χ2n) is 34.9. The van der Waals surface area contributed by atoms with Crippen molar-refractivity contribution in [3.05, 3.63) is 168 Å². The number of carbonyl (C=O) groups is 18. The number of primary amides is 2. The van der Waals surface area contributed by atoms with Crippen molar-refractivity contribution in [2.45, 2.75) is 241 Å². The first-order valence-corrected chi connectivity index (χ1v) is 46.6. The number of para-hydroxylation sites is 2. The largest absolute Gasteiger partial charge is 0.508 e. The molecule has 46 nitrogen and oxygen atoms in total. The van der Waals surface area contributed by atoms with Crippen LogP contribution < -0.4 is 108 Å². The molecular weight excluding hydrogens is 1840 g/mol. The van der Waals surface area contributed by atoms with E-state index in [1.807, 2.05) is 5.32 Å². The number of benzene rings is 5. The second-order valence-corrected chi connectivity index (χ2v) is 34.9. The Hall–Kier alpha value is -15.6. The number of unbranched alkanes of at least 4 members (excludes halogenated alkanes) is 1. The number of hydrogen-bond acceptors (Lipinski definition) is 24. The average molecular weight is 1980 g/mol. The highest BCUT2D eigenvalue weighted by Gasteiger charge is 2.41. The molecule has 17 atom stereocenters. The van der Waals surface area contributed by atoms with Crippen LogP contribution in [0.25, 0.3) is 21.8 Å². The summed E-state index contributed by atoms with van der Waals surface area (Å²) in [5.74, 6) is -21.1. The normalized spacial score (nSPS) is 14.8. The lowest BCUT2D eigenvalue weighted by Crippen LogP contribution is -2.62. The van der Waals surface area contributed by atoms with Gasteiger partial charge in [0.2, 0.25) is 94.5 Å². The molecule has 7 aromatic rings. The summed E-state index contributed by atoms with van der Waals surface area (Å²) in [5, 5.41) is 96.6. The fourth-order valence-electron chi connectivity index (χ4n) is 15.2. The summed E-state index contributed by atoms with van der Waals surface area (Å²) in [6.07, 6.45) is 0.0407. The molecule has 0 aliphatic heterocycles. The van der Waals surface area contributed by atoms with Crippen LogP contribution in [0.2, 0.25) is 0 Å². The Balaban J connectivity index is 1.14. The van der Waals surface area contributed by atoms with E-state index in [4.69, 9.17) is 39.2 Å². The number of phenolic OH excluding ortho intramolecular Hbond substituents is 2. The SMILES string of the molecule is CC[C@H](C)[C@H](NC(=O)[C@H](CCCCN)NC(=O)[C@H](Cc1ccc(O)cc1)NC(=O)[C@H](Cc1c[nH]c2ccccc12)NC(=O)[C@H](C)NC(=O)[C@@H](NC(=O)[C@H](Cc1c[nH]c2ccccc12)NC(=O)[C@H](Cc1ccccc1)NC(=O)[C@H](Cc1ccc(O)cc1)NC(=O)[C@H](CCC(N)=O)NC(=O)[C@@H](N)CCCNC(=N)N)[C@@H](C)CC)C(=O)N[C@@H](C)C(=O)N[C@@H](CC(N)=O)C(=O)N[C@@H](CO)C(=O)N[C@@H](CCC(=O)O)C(=O)O. The number of aromatic hydroxyl groups is 2. The van der Waals surface area contributed by atoms with E-state index in [2.05, 4.69) is 84.4 Å². The highest BCUT2D eigenvalue weighted by molar-refractivity contribution is 6.02. The van der Waals surface area contributed by atoms with Crippen molar-refractivity contribution in [3.63, 3.8) is 0 Å². The number of carboxylic acid groups (broad SMARTS) is 2. The third kappa shape index (κ3) is 36.3. The molecule has 0 aliphatic rings. The summed E-state index contributed by atoms with van der Waals surface area (Å²) in [6, 6.07) is 9.83. The molecule has 0 fully saturated rings. The number of aromatic nitrogens is 2. The first kappa shape index (κ1) is 113. The number of amides is 16. The number of aliphatic hydroxyl groups is 1. The van der Waals surface area contributed by atoms with Crippen LogP contribution in [0.15, 0.2) is 140 Å². The Morgan fingerprint density at radius 3 is 1.15 bits per heavy atom. The van der Waals surface area contributed by atoms with Crippen LogP contribution in [0.3, 0.4) is 0 Å². The topological polar surface area (TPSA) is 774 Å². The molecule has 0 saturated heterocycles. The van der Waals surface area contributed by atoms with Gasteiger partial charge in [0.15, 0.2) is 5.96 Å². The van der Waals surface area contributed by atoms with Crippen LogP contribution in [0.1, 0.15) is 146 Å². The number of H-pyrrole nitrogens is 2. The number of carboxylic acids is 2. The summed E-state index contributed by atoms with van der Waals surface area (Å²) >= 11 is 0. The van der Waals surface area contributed by atoms with E-state index >= 15 is 33.6 Å². The van der Waals surface area contributed by atoms with Crippen LogP contribution >= 0.6 is 0 Å². The summed E-state index contributed by atoms with van der Waals surface area (Å²) in [4.78, 5) is 259. The van der Waals surface area contributed by atoms with Crippen molar-refractivity contribution in [3.8, 4) is 11.5 Å². The molecule has 0 saturated carbocycles. The van der Waals surface area contributed by atoms with Gasteiger partial charge in [0.1, 0.15) is 96.1 Å². The van der Waals surface area contributed by atoms with Gasteiger partial charge in [-0.05, 0) is 141 Å². The number of aromatic amines is 2. The van der Waals surface area contributed by atoms with Crippen LogP contribution in [0.4, 0.5) is 0 Å². The van der Waals surface area contributed by atoms with Gasteiger partial charge in [-0.25, -0.2) is 4.79 Å². The van der Waals surface area contributed by atoms with Crippen LogP contribution in [-0.2, 0) is 118 Å². The molecule has 2 aromatic heterocycles. The molecule has 2 heterocycles. The number of rotatable bonds is 60. The highest BCUT2D eigenvalue weighted by atomic mass is 16.4. The van der Waals surface area contributed by atoms with Gasteiger partial charge in [-0.3, -0.25) is 86.9 Å². The Labute approximate surface area is 818 Å². The molecule has 5 aromatic carbocycles. The quantitative estimate of drug-likeness (QED) is 0.0105. The van der Waals surface area contributed by atoms with Crippen LogP contribution in [-0.4, -0.2) is 258 Å². The molecule has 33 N–H and O–H groups in total. The molecule has 142 heavy (non-hydrogen) atoms. The number of fused-ring (bicyclic) bond motifs is 2. The molecule has 7 rings (SSSR count). The van der Waals surface area contributed by atoms with Gasteiger partial charge in [0.25, 0.3) is 0 Å². The van der Waals surface area contributed by atoms with Gasteiger partial charge in [-0.1, -0.05) is 132 Å². The van der Waals surface area contributed by atoms with E-state index in [1.54, 1.807) is 119 Å². The number of nitrogens with one attached hydrogen (secondary N) is 18. The smallest absolute Gasteiger partial charge is 0.326 e. The van der Waals surface area contributed by atoms with Crippen molar-refractivity contribution in [1.82, 2.24) is 89.7 Å². The van der Waals surface area contributed by atoms with Gasteiger partial charge in [0, 0.05) is 85.7 Å². The van der Waals surface area contributed by atoms with Gasteiger partial charge in [0.05, 0.1) is 19.1 Å². The molecule has 0 spiro atoms. The maximum Gasteiger partial charge on any atom is 0.326 e. The van der Waals surface area contributed by atoms with Crippen LogP contribution in [0.5, 0.6) is 11.5 Å². The van der Waals surface area contributed by atoms with Gasteiger partial charge < -0.3 is 144 Å². The lowest BCUT2D eigenvalue weighted by atomic mass is 9.96. The Kier molecular flexibility index (Phi) is 45.1. The lowest BCUT2D eigenvalue weighted by molar-refractivity contribution is -0.144. The number of phenols is 2. The Morgan fingerprint density at radius 1 is 0.366 bits per heavy atom. The zero-order valence-electron chi connectivity index (χ0n) is 79.7. The summed E-state index contributed by atoms with van der Waals surface area (Å²) in [7, 11) is 0. The molecule has 768 valence electrons. The number of guanidine groups is 1. The Morgan fingerprint density at radius 2 is 0.725 bits per heavy atom. The van der Waals surface area contributed by atoms with Crippen molar-refractivity contribution in [1.29, 1.82) is 5.41 Å². The maximum absolute atomic E-state index is 15.5. The number of nitrogens with two attached hydrogens (primary N) is 5. The molecule has 0 unspecified atom stereocenters. The number of carbonyl (C=O) groups excluding carboxylic acids is 16. The second kappa shape index (κ2) is 56.4. The molecule has 0 radical (unpaired) electrons. The van der Waals surface area contributed by atoms with Crippen molar-refractivity contribution < 1.29 is 112 Å². The summed E-state index contributed by atoms with van der Waals surface area (Å²) in [5.41, 5.74) is 32.0. The minimum Gasteiger partial charge on any atom is -0.508 e. The molecule has 16 amide bonds. The van der Waals surface area contributed by atoms with E-state index in [0.29, 0.717) is 56.0 Å². The van der Waals surface area contributed by atoms with Crippen molar-refractivity contribution in [2.75, 3.05) is 19.7 Å². The summed E-state index contributed by atoms with van der Waals surface area (Å²) in [6.45, 7) is 8.28. The average Bonchev–Trinajstić information content (AvgIpc) is 1.65. The first-order valence-electron chi connectivity index (χ1n) is 46.6. The molecule has 0 aliphatic carbocycles. The highest BCUT2D eigenvalue weighted by Crippen LogP contribution is 2.24. The number of aliphatic hydroxyl groups excluding tert-OH is 1. The van der Waals surface area contributed by atoms with Crippen molar-refractivity contribution in [2.24, 2.45) is 40.5 Å². The predicted octanol–water partition coefficient (Wildman–Crippen LogP) is -2.70. The summed E-state index contributed by atoms with van der Waals surface area (Å²) < 4.78 is 0. The molecular formula is C96H131N23O23. The fourth-order valence-corrected chi connectivity index (χ4v) is 15.2. The minimum atomic E-state index is -1.91. The van der Waals surface area contributed by atoms with E-state index in [9.17, 15) is 73.2 Å². The monoisotopic (exact) mass is 1970 g/mol. The van der Waals surface area contributed by atoms with Gasteiger partial charge in [-0.2, -0.15) is 0 Å². The fraction of sp³-hybridized carbons (Fsp3) is 0.448. The van der Waals surface area contributed by atoms with E-state index < -0.39 is 241 Å². The standard InChI is InChI=1S/C96H131N23O23/c1-7-50(3)79(93(139)107-53(6)82(128)112-74(46-77(100)124)90(136)117-75(49-120)92(138)110-68(95(141)142)36-38-78(125)126)118-85(131)66(26-16-17-39-97)109-86(132)70(42-55-27-31-59(121)32-28-55)115-89(135)72(44-57-47-104-64-24-14-12-21-61(57)64)111-81(127)52(5)106-94(140)80(51(4)8-2)119-91(137)73(45-58-48-105-65-25-15-13-22-62(58)65)116-88(134)69(41-54-19-10-9-11-20-54)114-87(133)71(43-56-29-33-60(122)34-30-56)113-84(130)67(35-37-76(99)123)108-83(129)63(98)23-18-40-103-96(101)102/h9-15,19-22,24-25,27-34,47-48,50-53,63,66-75,79-80,104-105,120-122H,7-8,16-18,23,26,35-46,49,97-98H2,1-6H3,(H2,99,123)(H2,100,124)(H,106,140)(H,107,139)(H,108,129)(H,109,132)(H,110,138)(H,111,127)(H,112,128)(H,113,130)(H,114,133)(H,115,135)(H,116,134)(H,117,136)(H,118,131)(H,119,137)(H,125,126)(H,141,142)(H4,101,102,103)/t50-,51-,52-,53-,63-,66-,67-,68-,69-,70-,71-,72-,73-,74-,75-,79-,80-/m0/s1. The van der Waals surface area contributed by atoms with Gasteiger partial charge >= 0.3 is 11.9 Å². The third-order valence-corrected chi connectivity index (χ3v) is 23.8. The van der Waals surface area contributed by atoms with E-state index in [-0.39, 0.29) is 108 Å². The first-order chi connectivity index (χ1) is 67.5. The lowest BCUT2D eigenvalue weighted by Gasteiger charge is -2.30. The minimum absolute atomic E-state index is 0.0678. The molecule has 46 heteroatoms. The van der Waals surface area contributed by atoms with Crippen LogP contribution in [0, 0.1) is 17.2 Å². The number of hydrogen-bond donors (Lipinski definition) is 28. The van der Waals surface area contributed by atoms with E-state index in [0.717, 1.165) is 0 Å². The Bertz CT molecular complexity index is 5550. The number of aliphatic carboxylic acids is 2. The van der Waals surface area contributed by atoms with Gasteiger partial charge in [-0.15, -0.1) is 0 Å². The maximum atomic E-state index is 15.5. The predicted molar refractivity (Wildman–Crippen MR) is 519 cm³/mol. The van der Waals surface area contributed by atoms with E-state index in [1.165, 1.54) is 62.4 Å².